The Kier molecular flexibility index (Phi) is 6.93. The van der Waals surface area contributed by atoms with Crippen LogP contribution < -0.4 is 5.32 Å². The zero-order chi connectivity index (χ0) is 21.9. The highest BCUT2D eigenvalue weighted by atomic mass is 19.1. The number of amides is 1. The van der Waals surface area contributed by atoms with Gasteiger partial charge in [-0.25, -0.2) is 4.39 Å². The normalized spacial score (nSPS) is 19.7. The first-order valence-electron chi connectivity index (χ1n) is 10.5. The van der Waals surface area contributed by atoms with Crippen LogP contribution in [0.3, 0.4) is 0 Å². The summed E-state index contributed by atoms with van der Waals surface area (Å²) < 4.78 is 21.1. The summed E-state index contributed by atoms with van der Waals surface area (Å²) in [4.78, 5) is 14.9. The molecule has 0 saturated carbocycles. The fraction of sp³-hybridized carbons (Fsp3) is 0.565. The zero-order valence-electron chi connectivity index (χ0n) is 18.6. The van der Waals surface area contributed by atoms with E-state index >= 15 is 0 Å². The maximum atomic E-state index is 14.1. The van der Waals surface area contributed by atoms with Crippen molar-refractivity contribution in [2.24, 2.45) is 5.92 Å². The molecule has 0 spiro atoms. The summed E-state index contributed by atoms with van der Waals surface area (Å²) in [6, 6.07) is 5.07. The summed E-state index contributed by atoms with van der Waals surface area (Å²) in [5.41, 5.74) is 2.41. The van der Waals surface area contributed by atoms with Crippen LogP contribution in [0.2, 0.25) is 0 Å². The van der Waals surface area contributed by atoms with Crippen LogP contribution in [0, 0.1) is 18.7 Å². The number of benzene rings is 1. The van der Waals surface area contributed by atoms with Crippen LogP contribution in [-0.2, 0) is 22.6 Å². The number of hydrogen-bond donors (Lipinski definition) is 1. The predicted octanol–water partition coefficient (Wildman–Crippen LogP) is 3.45. The van der Waals surface area contributed by atoms with Gasteiger partial charge in [-0.2, -0.15) is 5.10 Å². The molecule has 1 saturated heterocycles. The van der Waals surface area contributed by atoms with Gasteiger partial charge < -0.3 is 15.0 Å². The molecular formula is C23H33FN4O2. The van der Waals surface area contributed by atoms with E-state index in [4.69, 9.17) is 4.74 Å². The van der Waals surface area contributed by atoms with E-state index in [0.717, 1.165) is 11.1 Å². The van der Waals surface area contributed by atoms with E-state index in [1.807, 2.05) is 35.0 Å². The third-order valence-electron chi connectivity index (χ3n) is 5.60. The van der Waals surface area contributed by atoms with Gasteiger partial charge in [0.25, 0.3) is 0 Å². The van der Waals surface area contributed by atoms with Gasteiger partial charge in [0.2, 0.25) is 5.91 Å². The molecular weight excluding hydrogens is 383 g/mol. The summed E-state index contributed by atoms with van der Waals surface area (Å²) in [6.07, 6.45) is 4.33. The van der Waals surface area contributed by atoms with Crippen molar-refractivity contribution in [3.05, 3.63) is 53.1 Å². The molecule has 1 aliphatic heterocycles. The molecule has 1 N–H and O–H groups in total. The number of aryl methyl sites for hydroxylation is 1. The molecule has 1 amide bonds. The first-order chi connectivity index (χ1) is 14.2. The molecule has 3 rings (SSSR count). The summed E-state index contributed by atoms with van der Waals surface area (Å²) in [6.45, 7) is 10.5. The van der Waals surface area contributed by atoms with Crippen molar-refractivity contribution in [1.29, 1.82) is 0 Å². The Balaban J connectivity index is 1.76. The summed E-state index contributed by atoms with van der Waals surface area (Å²) in [5, 5.41) is 7.83. The lowest BCUT2D eigenvalue weighted by atomic mass is 9.93. The topological polar surface area (TPSA) is 59.4 Å². The average molecular weight is 417 g/mol. The van der Waals surface area contributed by atoms with Gasteiger partial charge in [0.15, 0.2) is 0 Å². The molecule has 0 unspecified atom stereocenters. The molecule has 0 aliphatic carbocycles. The highest BCUT2D eigenvalue weighted by Gasteiger charge is 2.45. The number of halogens is 1. The highest BCUT2D eigenvalue weighted by Crippen LogP contribution is 2.42. The Labute approximate surface area is 178 Å². The van der Waals surface area contributed by atoms with E-state index < -0.39 is 0 Å². The molecule has 1 aromatic carbocycles. The molecule has 6 nitrogen and oxygen atoms in total. The molecule has 2 aromatic rings. The van der Waals surface area contributed by atoms with E-state index in [0.29, 0.717) is 38.2 Å². The maximum Gasteiger partial charge on any atom is 0.223 e. The van der Waals surface area contributed by atoms with Crippen LogP contribution in [0.5, 0.6) is 0 Å². The van der Waals surface area contributed by atoms with Crippen molar-refractivity contribution in [3.63, 3.8) is 0 Å². The van der Waals surface area contributed by atoms with Gasteiger partial charge in [-0.05, 0) is 33.8 Å². The summed E-state index contributed by atoms with van der Waals surface area (Å²) in [5.74, 6) is 0.0261. The minimum Gasteiger partial charge on any atom is -0.383 e. The molecule has 1 fully saturated rings. The van der Waals surface area contributed by atoms with Crippen LogP contribution in [0.4, 0.5) is 4.39 Å². The third kappa shape index (κ3) is 5.08. The number of aromatic nitrogens is 2. The SMILES string of the molecule is COCCn1cc([C@H]2[C@H](CNCc3cc(C)ccc3F)CC(=O)N2C(C)(C)C)cn1. The zero-order valence-corrected chi connectivity index (χ0v) is 18.6. The fourth-order valence-electron chi connectivity index (χ4n) is 4.27. The lowest BCUT2D eigenvalue weighted by molar-refractivity contribution is -0.133. The fourth-order valence-corrected chi connectivity index (χ4v) is 4.27. The molecule has 0 radical (unpaired) electrons. The molecule has 2 heterocycles. The number of rotatable bonds is 8. The Morgan fingerprint density at radius 2 is 2.10 bits per heavy atom. The number of carbonyl (C=O) groups is 1. The largest absolute Gasteiger partial charge is 0.383 e. The second-order valence-electron chi connectivity index (χ2n) is 9.10. The van der Waals surface area contributed by atoms with Crippen molar-refractivity contribution >= 4 is 5.91 Å². The molecule has 7 heteroatoms. The van der Waals surface area contributed by atoms with Crippen molar-refractivity contribution in [2.75, 3.05) is 20.3 Å². The smallest absolute Gasteiger partial charge is 0.223 e. The van der Waals surface area contributed by atoms with Crippen LogP contribution in [-0.4, -0.2) is 46.4 Å². The minimum atomic E-state index is -0.298. The number of likely N-dealkylation sites (tertiary alicyclic amines) is 1. The lowest BCUT2D eigenvalue weighted by Gasteiger charge is -2.38. The van der Waals surface area contributed by atoms with Crippen LogP contribution in [0.25, 0.3) is 0 Å². The predicted molar refractivity (Wildman–Crippen MR) is 114 cm³/mol. The standard InChI is InChI=1S/C23H33FN4O2/c1-16-6-7-20(24)17(10-16)12-25-13-18-11-21(29)28(23(2,3)4)22(18)19-14-26-27(15-19)8-9-30-5/h6-7,10,14-15,18,22,25H,8-9,11-13H2,1-5H3/t18-,22+/m0/s1. The first-order valence-corrected chi connectivity index (χ1v) is 10.5. The van der Waals surface area contributed by atoms with Gasteiger partial charge in [-0.15, -0.1) is 0 Å². The van der Waals surface area contributed by atoms with E-state index in [9.17, 15) is 9.18 Å². The van der Waals surface area contributed by atoms with Crippen molar-refractivity contribution in [2.45, 2.75) is 58.8 Å². The van der Waals surface area contributed by atoms with Gasteiger partial charge in [0.05, 0.1) is 25.4 Å². The molecule has 1 aliphatic rings. The van der Waals surface area contributed by atoms with E-state index in [1.54, 1.807) is 13.2 Å². The minimum absolute atomic E-state index is 0.0661. The van der Waals surface area contributed by atoms with Gasteiger partial charge in [-0.1, -0.05) is 17.7 Å². The molecule has 1 aromatic heterocycles. The number of hydrogen-bond acceptors (Lipinski definition) is 4. The number of nitrogens with zero attached hydrogens (tertiary/aromatic N) is 3. The molecule has 30 heavy (non-hydrogen) atoms. The van der Waals surface area contributed by atoms with E-state index in [2.05, 4.69) is 31.2 Å². The molecule has 164 valence electrons. The quantitative estimate of drug-likeness (QED) is 0.716. The van der Waals surface area contributed by atoms with Gasteiger partial charge >= 0.3 is 0 Å². The number of methoxy groups -OCH3 is 1. The van der Waals surface area contributed by atoms with Gasteiger partial charge in [0.1, 0.15) is 5.82 Å². The van der Waals surface area contributed by atoms with E-state index in [-0.39, 0.29) is 29.2 Å². The lowest BCUT2D eigenvalue weighted by Crippen LogP contribution is -2.44. The number of ether oxygens (including phenoxy) is 1. The Morgan fingerprint density at radius 3 is 2.80 bits per heavy atom. The Bertz CT molecular complexity index is 874. The Hall–Kier alpha value is -2.25. The van der Waals surface area contributed by atoms with Crippen LogP contribution in [0.15, 0.2) is 30.6 Å². The Morgan fingerprint density at radius 1 is 1.33 bits per heavy atom. The second kappa shape index (κ2) is 9.27. The van der Waals surface area contributed by atoms with Crippen LogP contribution >= 0.6 is 0 Å². The van der Waals surface area contributed by atoms with Gasteiger partial charge in [-0.3, -0.25) is 9.48 Å². The number of carbonyl (C=O) groups excluding carboxylic acids is 1. The molecule has 2 atom stereocenters. The monoisotopic (exact) mass is 416 g/mol. The highest BCUT2D eigenvalue weighted by molar-refractivity contribution is 5.80. The summed E-state index contributed by atoms with van der Waals surface area (Å²) >= 11 is 0. The number of nitrogens with one attached hydrogen (secondary N) is 1. The van der Waals surface area contributed by atoms with Crippen molar-refractivity contribution < 1.29 is 13.9 Å². The van der Waals surface area contributed by atoms with Crippen molar-refractivity contribution in [1.82, 2.24) is 20.0 Å². The van der Waals surface area contributed by atoms with E-state index in [1.165, 1.54) is 6.07 Å². The molecule has 0 bridgehead atoms. The van der Waals surface area contributed by atoms with Gasteiger partial charge in [0, 0.05) is 55.4 Å². The average Bonchev–Trinajstić information content (AvgIpc) is 3.26. The first kappa shape index (κ1) is 22.4. The summed E-state index contributed by atoms with van der Waals surface area (Å²) in [7, 11) is 1.67. The second-order valence-corrected chi connectivity index (χ2v) is 9.10. The van der Waals surface area contributed by atoms with Crippen LogP contribution in [0.1, 0.15) is 49.9 Å². The maximum absolute atomic E-state index is 14.1. The van der Waals surface area contributed by atoms with Crippen molar-refractivity contribution in [3.8, 4) is 0 Å². The third-order valence-corrected chi connectivity index (χ3v) is 5.60.